The van der Waals surface area contributed by atoms with Gasteiger partial charge in [0.1, 0.15) is 0 Å². The second kappa shape index (κ2) is 5.80. The van der Waals surface area contributed by atoms with Crippen LogP contribution in [0.3, 0.4) is 0 Å². The van der Waals surface area contributed by atoms with Crippen molar-refractivity contribution in [1.29, 1.82) is 0 Å². The van der Waals surface area contributed by atoms with Crippen molar-refractivity contribution < 1.29 is 4.74 Å². The highest BCUT2D eigenvalue weighted by Gasteiger charge is 2.11. The lowest BCUT2D eigenvalue weighted by Gasteiger charge is -2.07. The molecule has 90 valence electrons. The molecule has 2 aromatic rings. The number of rotatable bonds is 5. The first-order chi connectivity index (χ1) is 8.33. The van der Waals surface area contributed by atoms with E-state index in [1.165, 1.54) is 0 Å². The van der Waals surface area contributed by atoms with Crippen LogP contribution in [-0.2, 0) is 11.3 Å². The molecule has 4 nitrogen and oxygen atoms in total. The van der Waals surface area contributed by atoms with Crippen LogP contribution in [0, 0.1) is 0 Å². The van der Waals surface area contributed by atoms with Gasteiger partial charge in [0.15, 0.2) is 5.82 Å². The highest BCUT2D eigenvalue weighted by atomic mass is 35.5. The van der Waals surface area contributed by atoms with Crippen LogP contribution in [0.15, 0.2) is 30.3 Å². The van der Waals surface area contributed by atoms with E-state index in [1.807, 2.05) is 34.9 Å². The van der Waals surface area contributed by atoms with Gasteiger partial charge in [0.2, 0.25) is 5.28 Å². The zero-order valence-electron chi connectivity index (χ0n) is 9.64. The Bertz CT molecular complexity index is 470. The van der Waals surface area contributed by atoms with Crippen molar-refractivity contribution in [2.24, 2.45) is 0 Å². The summed E-state index contributed by atoms with van der Waals surface area (Å²) in [5.74, 6) is 0.798. The van der Waals surface area contributed by atoms with Crippen LogP contribution in [0.1, 0.15) is 6.42 Å². The average Bonchev–Trinajstić information content (AvgIpc) is 2.73. The molecule has 0 spiro atoms. The van der Waals surface area contributed by atoms with Crippen LogP contribution in [0.5, 0.6) is 0 Å². The summed E-state index contributed by atoms with van der Waals surface area (Å²) in [5, 5.41) is 8.43. The standard InChI is InChI=1S/C12H14ClN3O/c1-17-9-5-8-16-11(14-15-12(16)13)10-6-3-2-4-7-10/h2-4,6-7H,5,8-9H2,1H3. The lowest BCUT2D eigenvalue weighted by atomic mass is 10.2. The number of halogens is 1. The second-order valence-electron chi connectivity index (χ2n) is 3.66. The van der Waals surface area contributed by atoms with Crippen molar-refractivity contribution in [2.75, 3.05) is 13.7 Å². The Labute approximate surface area is 105 Å². The van der Waals surface area contributed by atoms with Crippen LogP contribution < -0.4 is 0 Å². The molecule has 0 unspecified atom stereocenters. The molecule has 0 aliphatic rings. The second-order valence-corrected chi connectivity index (χ2v) is 3.99. The molecule has 0 atom stereocenters. The largest absolute Gasteiger partial charge is 0.385 e. The van der Waals surface area contributed by atoms with Crippen LogP contribution in [-0.4, -0.2) is 28.5 Å². The van der Waals surface area contributed by atoms with Crippen molar-refractivity contribution in [2.45, 2.75) is 13.0 Å². The highest BCUT2D eigenvalue weighted by Crippen LogP contribution is 2.20. The van der Waals surface area contributed by atoms with Gasteiger partial charge < -0.3 is 4.74 Å². The SMILES string of the molecule is COCCCn1c(Cl)nnc1-c1ccccc1. The molecule has 0 amide bonds. The van der Waals surface area contributed by atoms with Gasteiger partial charge in [0, 0.05) is 25.8 Å². The first kappa shape index (κ1) is 12.1. The third-order valence-electron chi connectivity index (χ3n) is 2.47. The van der Waals surface area contributed by atoms with Gasteiger partial charge in [-0.25, -0.2) is 0 Å². The highest BCUT2D eigenvalue weighted by molar-refractivity contribution is 6.28. The van der Waals surface area contributed by atoms with E-state index >= 15 is 0 Å². The molecule has 17 heavy (non-hydrogen) atoms. The van der Waals surface area contributed by atoms with Gasteiger partial charge in [-0.05, 0) is 18.0 Å². The van der Waals surface area contributed by atoms with E-state index in [-0.39, 0.29) is 0 Å². The molecular formula is C12H14ClN3O. The van der Waals surface area contributed by atoms with E-state index in [1.54, 1.807) is 7.11 Å². The molecule has 1 aromatic heterocycles. The van der Waals surface area contributed by atoms with E-state index in [9.17, 15) is 0 Å². The molecule has 0 bridgehead atoms. The number of benzene rings is 1. The minimum atomic E-state index is 0.417. The third kappa shape index (κ3) is 2.84. The molecule has 0 fully saturated rings. The maximum absolute atomic E-state index is 6.02. The number of hydrogen-bond acceptors (Lipinski definition) is 3. The van der Waals surface area contributed by atoms with Gasteiger partial charge in [-0.15, -0.1) is 10.2 Å². The third-order valence-corrected chi connectivity index (χ3v) is 2.75. The van der Waals surface area contributed by atoms with Gasteiger partial charge >= 0.3 is 0 Å². The molecule has 1 heterocycles. The number of nitrogens with zero attached hydrogens (tertiary/aromatic N) is 3. The van der Waals surface area contributed by atoms with Crippen LogP contribution >= 0.6 is 11.6 Å². The molecule has 0 radical (unpaired) electrons. The molecule has 0 aliphatic carbocycles. The molecule has 1 aromatic carbocycles. The summed E-state index contributed by atoms with van der Waals surface area (Å²) in [6.07, 6.45) is 0.883. The summed E-state index contributed by atoms with van der Waals surface area (Å²) < 4.78 is 6.93. The van der Waals surface area contributed by atoms with E-state index in [4.69, 9.17) is 16.3 Å². The van der Waals surface area contributed by atoms with Crippen LogP contribution in [0.25, 0.3) is 11.4 Å². The van der Waals surface area contributed by atoms with Gasteiger partial charge in [0.25, 0.3) is 0 Å². The summed E-state index contributed by atoms with van der Waals surface area (Å²) in [7, 11) is 1.69. The predicted octanol–water partition coefficient (Wildman–Crippen LogP) is 2.64. The average molecular weight is 252 g/mol. The normalized spacial score (nSPS) is 10.7. The smallest absolute Gasteiger partial charge is 0.225 e. The summed E-state index contributed by atoms with van der Waals surface area (Å²) in [4.78, 5) is 0. The molecule has 0 saturated heterocycles. The zero-order valence-corrected chi connectivity index (χ0v) is 10.4. The quantitative estimate of drug-likeness (QED) is 0.767. The van der Waals surface area contributed by atoms with E-state index in [0.717, 1.165) is 24.4 Å². The van der Waals surface area contributed by atoms with E-state index < -0.39 is 0 Å². The van der Waals surface area contributed by atoms with E-state index in [0.29, 0.717) is 11.9 Å². The first-order valence-electron chi connectivity index (χ1n) is 5.46. The van der Waals surface area contributed by atoms with Crippen molar-refractivity contribution in [3.63, 3.8) is 0 Å². The summed E-state index contributed by atoms with van der Waals surface area (Å²) in [5.41, 5.74) is 1.02. The van der Waals surface area contributed by atoms with Gasteiger partial charge in [0.05, 0.1) is 0 Å². The molecule has 0 aliphatic heterocycles. The minimum Gasteiger partial charge on any atom is -0.385 e. The maximum Gasteiger partial charge on any atom is 0.225 e. The molecule has 5 heteroatoms. The topological polar surface area (TPSA) is 39.9 Å². The summed E-state index contributed by atoms with van der Waals surface area (Å²) >= 11 is 6.02. The van der Waals surface area contributed by atoms with Crippen molar-refractivity contribution in [3.05, 3.63) is 35.6 Å². The van der Waals surface area contributed by atoms with Crippen molar-refractivity contribution in [3.8, 4) is 11.4 Å². The van der Waals surface area contributed by atoms with Crippen LogP contribution in [0.2, 0.25) is 5.28 Å². The van der Waals surface area contributed by atoms with Crippen LogP contribution in [0.4, 0.5) is 0 Å². The van der Waals surface area contributed by atoms with E-state index in [2.05, 4.69) is 10.2 Å². The number of hydrogen-bond donors (Lipinski definition) is 0. The number of aromatic nitrogens is 3. The Hall–Kier alpha value is -1.39. The monoisotopic (exact) mass is 251 g/mol. The first-order valence-corrected chi connectivity index (χ1v) is 5.84. The summed E-state index contributed by atoms with van der Waals surface area (Å²) in [6, 6.07) is 9.89. The Morgan fingerprint density at radius 2 is 2.00 bits per heavy atom. The minimum absolute atomic E-state index is 0.417. The van der Waals surface area contributed by atoms with Crippen molar-refractivity contribution in [1.82, 2.24) is 14.8 Å². The predicted molar refractivity (Wildman–Crippen MR) is 67.0 cm³/mol. The Balaban J connectivity index is 2.23. The Morgan fingerprint density at radius 1 is 1.24 bits per heavy atom. The van der Waals surface area contributed by atoms with Gasteiger partial charge in [-0.3, -0.25) is 4.57 Å². The fourth-order valence-corrected chi connectivity index (χ4v) is 1.85. The Kier molecular flexibility index (Phi) is 4.12. The molecule has 0 N–H and O–H groups in total. The van der Waals surface area contributed by atoms with Crippen molar-refractivity contribution >= 4 is 11.6 Å². The van der Waals surface area contributed by atoms with Gasteiger partial charge in [-0.1, -0.05) is 30.3 Å². The molecular weight excluding hydrogens is 238 g/mol. The Morgan fingerprint density at radius 3 is 2.71 bits per heavy atom. The fraction of sp³-hybridized carbons (Fsp3) is 0.333. The molecule has 2 rings (SSSR count). The number of ether oxygens (including phenoxy) is 1. The molecule has 0 saturated carbocycles. The van der Waals surface area contributed by atoms with Gasteiger partial charge in [-0.2, -0.15) is 0 Å². The fourth-order valence-electron chi connectivity index (χ4n) is 1.65. The maximum atomic E-state index is 6.02. The lowest BCUT2D eigenvalue weighted by Crippen LogP contribution is -2.03. The zero-order chi connectivity index (χ0) is 12.1. The lowest BCUT2D eigenvalue weighted by molar-refractivity contribution is 0.190. The number of methoxy groups -OCH3 is 1. The summed E-state index contributed by atoms with van der Waals surface area (Å²) in [6.45, 7) is 1.45.